The normalized spacial score (nSPS) is 11.1. The number of nitrogens with zero attached hydrogens (tertiary/aromatic N) is 5. The lowest BCUT2D eigenvalue weighted by Crippen LogP contribution is -2.17. The minimum absolute atomic E-state index is 0.321. The van der Waals surface area contributed by atoms with E-state index in [1.807, 2.05) is 47.4 Å². The van der Waals surface area contributed by atoms with Gasteiger partial charge in [0.15, 0.2) is 0 Å². The third kappa shape index (κ3) is 5.63. The van der Waals surface area contributed by atoms with Crippen LogP contribution in [0.1, 0.15) is 31.2 Å². The molecule has 0 unspecified atom stereocenters. The van der Waals surface area contributed by atoms with Crippen molar-refractivity contribution in [2.45, 2.75) is 38.8 Å². The number of nitrogens with one attached hydrogen (secondary N) is 2. The van der Waals surface area contributed by atoms with Crippen LogP contribution in [0, 0.1) is 0 Å². The Bertz CT molecular complexity index is 1200. The van der Waals surface area contributed by atoms with E-state index in [0.29, 0.717) is 23.9 Å². The van der Waals surface area contributed by atoms with E-state index in [2.05, 4.69) is 25.0 Å². The molecule has 4 aromatic rings. The zero-order valence-corrected chi connectivity index (χ0v) is 18.2. The Labute approximate surface area is 190 Å². The molecule has 4 rings (SSSR count). The van der Waals surface area contributed by atoms with Crippen molar-refractivity contribution in [3.63, 3.8) is 0 Å². The van der Waals surface area contributed by atoms with E-state index in [1.165, 1.54) is 0 Å². The summed E-state index contributed by atoms with van der Waals surface area (Å²) in [7, 11) is 0. The summed E-state index contributed by atoms with van der Waals surface area (Å²) in [6.45, 7) is 1.41. The first-order chi connectivity index (χ1) is 15.6. The summed E-state index contributed by atoms with van der Waals surface area (Å²) in [4.78, 5) is 20.1. The number of aromatic nitrogens is 5. The van der Waals surface area contributed by atoms with E-state index in [-0.39, 0.29) is 5.91 Å². The lowest BCUT2D eigenvalue weighted by atomic mass is 10.2. The standard InChI is InChI=1S/C22H24ClN7O2/c23-18-6-4-5-16(11-18)14-29-10-8-17-12-24-22(27-21(17)29)26-19-13-25-30(15-19)9-3-1-2-7-20(31)28-32/h4-6,8,10-13,15,32H,1-3,7,9,14H2,(H,28,31)(H,24,26,27). The second-order valence-electron chi connectivity index (χ2n) is 7.51. The van der Waals surface area contributed by atoms with Crippen molar-refractivity contribution in [2.75, 3.05) is 5.32 Å². The number of hydrogen-bond acceptors (Lipinski definition) is 6. The largest absolute Gasteiger partial charge is 0.328 e. The summed E-state index contributed by atoms with van der Waals surface area (Å²) in [6.07, 6.45) is 10.2. The summed E-state index contributed by atoms with van der Waals surface area (Å²) in [5, 5.41) is 17.7. The lowest BCUT2D eigenvalue weighted by molar-refractivity contribution is -0.129. The zero-order chi connectivity index (χ0) is 22.3. The quantitative estimate of drug-likeness (QED) is 0.189. The molecule has 0 aliphatic heterocycles. The molecule has 0 aliphatic carbocycles. The molecule has 3 N–H and O–H groups in total. The molecule has 0 fully saturated rings. The molecule has 9 nitrogen and oxygen atoms in total. The van der Waals surface area contributed by atoms with Gasteiger partial charge in [-0.3, -0.25) is 14.7 Å². The van der Waals surface area contributed by atoms with Gasteiger partial charge in [0.25, 0.3) is 0 Å². The molecule has 10 heteroatoms. The van der Waals surface area contributed by atoms with Gasteiger partial charge < -0.3 is 9.88 Å². The third-order valence-corrected chi connectivity index (χ3v) is 5.28. The number of anilines is 2. The first-order valence-corrected chi connectivity index (χ1v) is 10.8. The van der Waals surface area contributed by atoms with Crippen LogP contribution in [0.3, 0.4) is 0 Å². The first-order valence-electron chi connectivity index (χ1n) is 10.4. The van der Waals surface area contributed by atoms with Crippen molar-refractivity contribution in [3.8, 4) is 0 Å². The Morgan fingerprint density at radius 1 is 1.16 bits per heavy atom. The number of rotatable bonds is 10. The Hall–Kier alpha value is -3.43. The fraction of sp³-hybridized carbons (Fsp3) is 0.273. The smallest absolute Gasteiger partial charge is 0.243 e. The van der Waals surface area contributed by atoms with Gasteiger partial charge in [-0.25, -0.2) is 10.5 Å². The van der Waals surface area contributed by atoms with Gasteiger partial charge in [0.2, 0.25) is 11.9 Å². The second kappa shape index (κ2) is 10.3. The van der Waals surface area contributed by atoms with Crippen LogP contribution in [0.25, 0.3) is 11.0 Å². The van der Waals surface area contributed by atoms with Gasteiger partial charge in [-0.15, -0.1) is 0 Å². The van der Waals surface area contributed by atoms with Gasteiger partial charge in [0.05, 0.1) is 11.9 Å². The van der Waals surface area contributed by atoms with Gasteiger partial charge in [0, 0.05) is 48.5 Å². The summed E-state index contributed by atoms with van der Waals surface area (Å²) in [6, 6.07) is 9.77. The molecular formula is C22H24ClN7O2. The highest BCUT2D eigenvalue weighted by atomic mass is 35.5. The van der Waals surface area contributed by atoms with Crippen molar-refractivity contribution >= 4 is 40.2 Å². The van der Waals surface area contributed by atoms with E-state index >= 15 is 0 Å². The third-order valence-electron chi connectivity index (χ3n) is 5.05. The van der Waals surface area contributed by atoms with Crippen LogP contribution in [-0.4, -0.2) is 35.4 Å². The van der Waals surface area contributed by atoms with E-state index < -0.39 is 0 Å². The van der Waals surface area contributed by atoms with Crippen molar-refractivity contribution in [2.24, 2.45) is 0 Å². The molecule has 3 aromatic heterocycles. The molecule has 3 heterocycles. The molecule has 0 saturated carbocycles. The number of unbranched alkanes of at least 4 members (excludes halogenated alkanes) is 2. The molecule has 0 bridgehead atoms. The Kier molecular flexibility index (Phi) is 6.98. The summed E-state index contributed by atoms with van der Waals surface area (Å²) < 4.78 is 3.91. The highest BCUT2D eigenvalue weighted by Gasteiger charge is 2.08. The predicted octanol–water partition coefficient (Wildman–Crippen LogP) is 4.14. The highest BCUT2D eigenvalue weighted by Crippen LogP contribution is 2.19. The summed E-state index contributed by atoms with van der Waals surface area (Å²) in [5.41, 5.74) is 4.38. The lowest BCUT2D eigenvalue weighted by Gasteiger charge is -2.07. The number of aryl methyl sites for hydroxylation is 1. The van der Waals surface area contributed by atoms with Crippen molar-refractivity contribution in [1.29, 1.82) is 0 Å². The number of carbonyl (C=O) groups excluding carboxylic acids is 1. The minimum atomic E-state index is -0.355. The molecule has 166 valence electrons. The molecule has 0 atom stereocenters. The molecule has 1 amide bonds. The number of hydroxylamine groups is 1. The van der Waals surface area contributed by atoms with Gasteiger partial charge >= 0.3 is 0 Å². The van der Waals surface area contributed by atoms with Gasteiger partial charge in [0.1, 0.15) is 5.65 Å². The second-order valence-corrected chi connectivity index (χ2v) is 7.95. The molecular weight excluding hydrogens is 430 g/mol. The maximum atomic E-state index is 11.0. The number of fused-ring (bicyclic) bond motifs is 1. The fourth-order valence-corrected chi connectivity index (χ4v) is 3.67. The molecule has 0 spiro atoms. The Morgan fingerprint density at radius 2 is 2.06 bits per heavy atom. The molecule has 1 aromatic carbocycles. The van der Waals surface area contributed by atoms with Crippen LogP contribution >= 0.6 is 11.6 Å². The van der Waals surface area contributed by atoms with Gasteiger partial charge in [-0.05, 0) is 36.6 Å². The Morgan fingerprint density at radius 3 is 2.91 bits per heavy atom. The monoisotopic (exact) mass is 453 g/mol. The molecule has 0 radical (unpaired) electrons. The van der Waals surface area contributed by atoms with E-state index in [9.17, 15) is 4.79 Å². The average Bonchev–Trinajstić information content (AvgIpc) is 3.40. The molecule has 0 saturated heterocycles. The van der Waals surface area contributed by atoms with Crippen molar-refractivity contribution < 1.29 is 10.0 Å². The minimum Gasteiger partial charge on any atom is -0.328 e. The van der Waals surface area contributed by atoms with Crippen LogP contribution < -0.4 is 10.8 Å². The number of carbonyl (C=O) groups is 1. The number of benzene rings is 1. The van der Waals surface area contributed by atoms with Crippen LogP contribution in [-0.2, 0) is 17.9 Å². The topological polar surface area (TPSA) is 110 Å². The van der Waals surface area contributed by atoms with Gasteiger partial charge in [-0.2, -0.15) is 10.1 Å². The van der Waals surface area contributed by atoms with Crippen molar-refractivity contribution in [1.82, 2.24) is 29.8 Å². The average molecular weight is 454 g/mol. The number of halogens is 1. The maximum absolute atomic E-state index is 11.0. The predicted molar refractivity (Wildman–Crippen MR) is 122 cm³/mol. The van der Waals surface area contributed by atoms with Crippen LogP contribution in [0.2, 0.25) is 5.02 Å². The SMILES string of the molecule is O=C(CCCCCn1cc(Nc2ncc3ccn(Cc4cccc(Cl)c4)c3n2)cn1)NO. The summed E-state index contributed by atoms with van der Waals surface area (Å²) >= 11 is 6.11. The van der Waals surface area contributed by atoms with Crippen LogP contribution in [0.5, 0.6) is 0 Å². The van der Waals surface area contributed by atoms with E-state index in [1.54, 1.807) is 17.9 Å². The van der Waals surface area contributed by atoms with Crippen LogP contribution in [0.15, 0.2) is 55.1 Å². The molecule has 0 aliphatic rings. The van der Waals surface area contributed by atoms with Crippen molar-refractivity contribution in [3.05, 3.63) is 65.7 Å². The number of hydrogen-bond donors (Lipinski definition) is 3. The Balaban J connectivity index is 1.37. The first kappa shape index (κ1) is 21.8. The maximum Gasteiger partial charge on any atom is 0.243 e. The molecule has 32 heavy (non-hydrogen) atoms. The summed E-state index contributed by atoms with van der Waals surface area (Å²) in [5.74, 6) is 0.143. The zero-order valence-electron chi connectivity index (χ0n) is 17.4. The van der Waals surface area contributed by atoms with E-state index in [0.717, 1.165) is 48.1 Å². The highest BCUT2D eigenvalue weighted by molar-refractivity contribution is 6.30. The number of amides is 1. The van der Waals surface area contributed by atoms with E-state index in [4.69, 9.17) is 16.8 Å². The van der Waals surface area contributed by atoms with Gasteiger partial charge in [-0.1, -0.05) is 30.2 Å². The fourth-order valence-electron chi connectivity index (χ4n) is 3.46. The van der Waals surface area contributed by atoms with Crippen LogP contribution in [0.4, 0.5) is 11.6 Å².